The monoisotopic (exact) mass is 459 g/mol. The first-order chi connectivity index (χ1) is 15.0. The van der Waals surface area contributed by atoms with Crippen molar-refractivity contribution in [1.82, 2.24) is 10.2 Å². The zero-order chi connectivity index (χ0) is 22.2. The average molecular weight is 460 g/mol. The number of hydrogen-bond acceptors (Lipinski definition) is 4. The Balaban J connectivity index is 1.65. The summed E-state index contributed by atoms with van der Waals surface area (Å²) in [6.07, 6.45) is 4.50. The van der Waals surface area contributed by atoms with Crippen LogP contribution < -0.4 is 10.6 Å². The molecule has 1 fully saturated rings. The molecular formula is C23H26ClN3O3S. The van der Waals surface area contributed by atoms with Crippen molar-refractivity contribution < 1.29 is 14.4 Å². The molecule has 2 N–H and O–H groups in total. The van der Waals surface area contributed by atoms with Gasteiger partial charge in [0, 0.05) is 24.3 Å². The highest BCUT2D eigenvalue weighted by Crippen LogP contribution is 2.17. The molecule has 2 aromatic rings. The molecule has 0 radical (unpaired) electrons. The molecule has 31 heavy (non-hydrogen) atoms. The van der Waals surface area contributed by atoms with Gasteiger partial charge in [-0.3, -0.25) is 14.4 Å². The first-order valence-corrected chi connectivity index (χ1v) is 12.0. The summed E-state index contributed by atoms with van der Waals surface area (Å²) in [5.41, 5.74) is 1.51. The Bertz CT molecular complexity index is 930. The fraction of sp³-hybridized carbons (Fsp3) is 0.348. The molecule has 1 saturated heterocycles. The van der Waals surface area contributed by atoms with Gasteiger partial charge in [0.2, 0.25) is 5.91 Å². The van der Waals surface area contributed by atoms with Crippen molar-refractivity contribution in [3.63, 3.8) is 0 Å². The highest BCUT2D eigenvalue weighted by molar-refractivity contribution is 7.98. The third-order valence-electron chi connectivity index (χ3n) is 5.14. The minimum absolute atomic E-state index is 0.0141. The third kappa shape index (κ3) is 6.24. The Kier molecular flexibility index (Phi) is 8.37. The summed E-state index contributed by atoms with van der Waals surface area (Å²) in [6, 6.07) is 12.9. The van der Waals surface area contributed by atoms with Crippen LogP contribution in [0.15, 0.2) is 48.5 Å². The number of carbonyl (C=O) groups excluding carboxylic acids is 3. The minimum Gasteiger partial charge on any atom is -0.340 e. The van der Waals surface area contributed by atoms with Crippen LogP contribution in [0, 0.1) is 0 Å². The molecule has 0 saturated carbocycles. The van der Waals surface area contributed by atoms with Gasteiger partial charge < -0.3 is 15.5 Å². The number of hydrogen-bond donors (Lipinski definition) is 2. The lowest BCUT2D eigenvalue weighted by atomic mass is 10.1. The number of anilines is 1. The Morgan fingerprint density at radius 1 is 1.06 bits per heavy atom. The van der Waals surface area contributed by atoms with Crippen LogP contribution in [0.3, 0.4) is 0 Å². The van der Waals surface area contributed by atoms with Crippen LogP contribution in [0.5, 0.6) is 0 Å². The van der Waals surface area contributed by atoms with Crippen LogP contribution in [0.25, 0.3) is 0 Å². The van der Waals surface area contributed by atoms with E-state index in [4.69, 9.17) is 11.6 Å². The van der Waals surface area contributed by atoms with Gasteiger partial charge in [-0.05, 0) is 67.7 Å². The molecule has 1 atom stereocenters. The number of benzene rings is 2. The van der Waals surface area contributed by atoms with Crippen molar-refractivity contribution in [2.24, 2.45) is 0 Å². The summed E-state index contributed by atoms with van der Waals surface area (Å²) in [4.78, 5) is 39.8. The van der Waals surface area contributed by atoms with E-state index < -0.39 is 11.9 Å². The van der Waals surface area contributed by atoms with E-state index in [0.29, 0.717) is 34.0 Å². The van der Waals surface area contributed by atoms with Crippen molar-refractivity contribution in [1.29, 1.82) is 0 Å². The van der Waals surface area contributed by atoms with E-state index in [0.717, 1.165) is 25.9 Å². The summed E-state index contributed by atoms with van der Waals surface area (Å²) in [6.45, 7) is 1.58. The molecule has 1 heterocycles. The van der Waals surface area contributed by atoms with Crippen LogP contribution in [0.1, 0.15) is 40.0 Å². The maximum atomic E-state index is 12.9. The zero-order valence-electron chi connectivity index (χ0n) is 17.4. The van der Waals surface area contributed by atoms with Crippen molar-refractivity contribution in [3.05, 3.63) is 64.7 Å². The van der Waals surface area contributed by atoms with Gasteiger partial charge >= 0.3 is 0 Å². The van der Waals surface area contributed by atoms with Gasteiger partial charge in [0.15, 0.2) is 0 Å². The first-order valence-electron chi connectivity index (χ1n) is 10.2. The molecule has 164 valence electrons. The van der Waals surface area contributed by atoms with E-state index in [9.17, 15) is 14.4 Å². The summed E-state index contributed by atoms with van der Waals surface area (Å²) in [5.74, 6) is 0.0242. The van der Waals surface area contributed by atoms with Crippen LogP contribution in [-0.2, 0) is 4.79 Å². The standard InChI is InChI=1S/C23H26ClN3O3S/c1-31-15-12-20(26-21(28)18-6-2-3-7-19(18)24)22(29)25-17-10-8-16(9-11-17)23(30)27-13-4-5-14-27/h2-3,6-11,20H,4-5,12-15H2,1H3,(H,25,29)(H,26,28). The lowest BCUT2D eigenvalue weighted by Gasteiger charge is -2.19. The van der Waals surface area contributed by atoms with Gasteiger partial charge in [-0.1, -0.05) is 23.7 Å². The lowest BCUT2D eigenvalue weighted by Crippen LogP contribution is -2.44. The number of likely N-dealkylation sites (tertiary alicyclic amines) is 1. The molecule has 8 heteroatoms. The highest BCUT2D eigenvalue weighted by Gasteiger charge is 2.23. The normalized spacial score (nSPS) is 14.2. The number of nitrogens with zero attached hydrogens (tertiary/aromatic N) is 1. The third-order valence-corrected chi connectivity index (χ3v) is 6.12. The SMILES string of the molecule is CSCCC(NC(=O)c1ccccc1Cl)C(=O)Nc1ccc(C(=O)N2CCCC2)cc1. The van der Waals surface area contributed by atoms with Crippen LogP contribution in [-0.4, -0.2) is 53.8 Å². The number of rotatable bonds is 8. The molecule has 1 aliphatic rings. The molecule has 6 nitrogen and oxygen atoms in total. The van der Waals surface area contributed by atoms with Gasteiger partial charge in [-0.15, -0.1) is 0 Å². The summed E-state index contributed by atoms with van der Waals surface area (Å²) >= 11 is 7.70. The molecule has 0 bridgehead atoms. The number of nitrogens with one attached hydrogen (secondary N) is 2. The minimum atomic E-state index is -0.706. The molecule has 3 rings (SSSR count). The van der Waals surface area contributed by atoms with Crippen molar-refractivity contribution >= 4 is 46.8 Å². The molecule has 0 spiro atoms. The summed E-state index contributed by atoms with van der Waals surface area (Å²) in [5, 5.41) is 5.96. The Morgan fingerprint density at radius 3 is 2.39 bits per heavy atom. The molecule has 0 aromatic heterocycles. The van der Waals surface area contributed by atoms with Crippen LogP contribution in [0.4, 0.5) is 5.69 Å². The maximum Gasteiger partial charge on any atom is 0.253 e. The predicted molar refractivity (Wildman–Crippen MR) is 126 cm³/mol. The van der Waals surface area contributed by atoms with Crippen molar-refractivity contribution in [3.8, 4) is 0 Å². The number of amides is 3. The Morgan fingerprint density at radius 2 is 1.74 bits per heavy atom. The fourth-order valence-electron chi connectivity index (χ4n) is 3.41. The number of carbonyl (C=O) groups is 3. The second-order valence-electron chi connectivity index (χ2n) is 7.35. The van der Waals surface area contributed by atoms with E-state index in [2.05, 4.69) is 10.6 Å². The van der Waals surface area contributed by atoms with Gasteiger partial charge in [0.1, 0.15) is 6.04 Å². The van der Waals surface area contributed by atoms with E-state index in [1.165, 1.54) is 0 Å². The van der Waals surface area contributed by atoms with E-state index in [1.807, 2.05) is 11.2 Å². The molecular weight excluding hydrogens is 434 g/mol. The average Bonchev–Trinajstić information content (AvgIpc) is 3.31. The van der Waals surface area contributed by atoms with Crippen LogP contribution in [0.2, 0.25) is 5.02 Å². The van der Waals surface area contributed by atoms with Gasteiger partial charge in [0.05, 0.1) is 10.6 Å². The van der Waals surface area contributed by atoms with Gasteiger partial charge in [-0.25, -0.2) is 0 Å². The maximum absolute atomic E-state index is 12.9. The lowest BCUT2D eigenvalue weighted by molar-refractivity contribution is -0.118. The zero-order valence-corrected chi connectivity index (χ0v) is 19.0. The van der Waals surface area contributed by atoms with E-state index in [1.54, 1.807) is 60.3 Å². The second kappa shape index (κ2) is 11.2. The Hall–Kier alpha value is -2.51. The van der Waals surface area contributed by atoms with Crippen LogP contribution >= 0.6 is 23.4 Å². The van der Waals surface area contributed by atoms with Gasteiger partial charge in [0.25, 0.3) is 11.8 Å². The Labute approximate surface area is 191 Å². The number of thioether (sulfide) groups is 1. The van der Waals surface area contributed by atoms with E-state index in [-0.39, 0.29) is 11.8 Å². The second-order valence-corrected chi connectivity index (χ2v) is 8.75. The number of halogens is 1. The smallest absolute Gasteiger partial charge is 0.253 e. The van der Waals surface area contributed by atoms with E-state index >= 15 is 0 Å². The molecule has 1 aliphatic heterocycles. The summed E-state index contributed by atoms with van der Waals surface area (Å²) in [7, 11) is 0. The summed E-state index contributed by atoms with van der Waals surface area (Å²) < 4.78 is 0. The highest BCUT2D eigenvalue weighted by atomic mass is 35.5. The largest absolute Gasteiger partial charge is 0.340 e. The van der Waals surface area contributed by atoms with Gasteiger partial charge in [-0.2, -0.15) is 11.8 Å². The predicted octanol–water partition coefficient (Wildman–Crippen LogP) is 4.07. The fourth-order valence-corrected chi connectivity index (χ4v) is 4.11. The van der Waals surface area contributed by atoms with Crippen molar-refractivity contribution in [2.45, 2.75) is 25.3 Å². The molecule has 1 unspecified atom stereocenters. The topological polar surface area (TPSA) is 78.5 Å². The molecule has 3 amide bonds. The molecule has 0 aliphatic carbocycles. The molecule has 2 aromatic carbocycles. The van der Waals surface area contributed by atoms with Crippen molar-refractivity contribution in [2.75, 3.05) is 30.4 Å². The quantitative estimate of drug-likeness (QED) is 0.623. The first kappa shape index (κ1) is 23.2.